The fourth-order valence-corrected chi connectivity index (χ4v) is 2.58. The van der Waals surface area contributed by atoms with Crippen LogP contribution in [0, 0.1) is 5.92 Å². The average molecular weight is 255 g/mol. The second-order valence-corrected chi connectivity index (χ2v) is 4.68. The molecule has 1 aromatic rings. The van der Waals surface area contributed by atoms with E-state index in [-0.39, 0.29) is 17.5 Å². The van der Waals surface area contributed by atoms with Gasteiger partial charge in [0, 0.05) is 24.2 Å². The number of carbonyl (C=O) groups is 1. The molecule has 2 atom stereocenters. The van der Waals surface area contributed by atoms with Crippen LogP contribution in [0.2, 0.25) is 0 Å². The van der Waals surface area contributed by atoms with Crippen LogP contribution in [0.1, 0.15) is 29.6 Å². The zero-order valence-corrected chi connectivity index (χ0v) is 10.2. The standard InChI is InChI=1S/C12H15ClN2O2/c13-6-8-2-1-3-10(8)15-12(17)9-4-5-11(16)14-7-9/h4-5,7-8,10H,1-3,6H2,(H,14,16)(H,15,17). The second kappa shape index (κ2) is 5.36. The summed E-state index contributed by atoms with van der Waals surface area (Å²) in [5.74, 6) is 0.794. The Labute approximate surface area is 104 Å². The van der Waals surface area contributed by atoms with Crippen molar-refractivity contribution in [1.29, 1.82) is 0 Å². The van der Waals surface area contributed by atoms with Crippen LogP contribution in [0.25, 0.3) is 0 Å². The number of aromatic nitrogens is 1. The Morgan fingerprint density at radius 3 is 2.94 bits per heavy atom. The lowest BCUT2D eigenvalue weighted by molar-refractivity contribution is 0.0929. The summed E-state index contributed by atoms with van der Waals surface area (Å²) in [6, 6.07) is 3.04. The van der Waals surface area contributed by atoms with E-state index in [0.29, 0.717) is 17.4 Å². The number of carbonyl (C=O) groups excluding carboxylic acids is 1. The molecular weight excluding hydrogens is 240 g/mol. The SMILES string of the molecule is O=C(NC1CCCC1CCl)c1ccc(=O)[nH]c1. The third-order valence-corrected chi connectivity index (χ3v) is 3.62. The lowest BCUT2D eigenvalue weighted by Crippen LogP contribution is -2.38. The number of halogens is 1. The highest BCUT2D eigenvalue weighted by molar-refractivity contribution is 6.18. The van der Waals surface area contributed by atoms with Crippen molar-refractivity contribution in [3.8, 4) is 0 Å². The Bertz CT molecular complexity index is 438. The van der Waals surface area contributed by atoms with Gasteiger partial charge in [-0.25, -0.2) is 0 Å². The van der Waals surface area contributed by atoms with E-state index in [1.807, 2.05) is 0 Å². The van der Waals surface area contributed by atoms with Crippen molar-refractivity contribution in [3.05, 3.63) is 34.2 Å². The Kier molecular flexibility index (Phi) is 3.84. The van der Waals surface area contributed by atoms with Crippen molar-refractivity contribution in [3.63, 3.8) is 0 Å². The highest BCUT2D eigenvalue weighted by Gasteiger charge is 2.27. The van der Waals surface area contributed by atoms with Gasteiger partial charge in [0.2, 0.25) is 5.56 Å². The number of nitrogens with one attached hydrogen (secondary N) is 2. The van der Waals surface area contributed by atoms with Gasteiger partial charge in [0.15, 0.2) is 0 Å². The van der Waals surface area contributed by atoms with Crippen molar-refractivity contribution in [2.75, 3.05) is 5.88 Å². The van der Waals surface area contributed by atoms with Crippen LogP contribution in [0.5, 0.6) is 0 Å². The highest BCUT2D eigenvalue weighted by Crippen LogP contribution is 2.26. The summed E-state index contributed by atoms with van der Waals surface area (Å²) in [6.45, 7) is 0. The second-order valence-electron chi connectivity index (χ2n) is 4.37. The van der Waals surface area contributed by atoms with Gasteiger partial charge in [-0.15, -0.1) is 11.6 Å². The number of hydrogen-bond acceptors (Lipinski definition) is 2. The van der Waals surface area contributed by atoms with Gasteiger partial charge in [-0.2, -0.15) is 0 Å². The fraction of sp³-hybridized carbons (Fsp3) is 0.500. The first-order valence-corrected chi connectivity index (χ1v) is 6.29. The van der Waals surface area contributed by atoms with Crippen LogP contribution in [-0.2, 0) is 0 Å². The van der Waals surface area contributed by atoms with E-state index < -0.39 is 0 Å². The first kappa shape index (κ1) is 12.2. The molecule has 17 heavy (non-hydrogen) atoms. The van der Waals surface area contributed by atoms with Gasteiger partial charge in [0.25, 0.3) is 5.91 Å². The van der Waals surface area contributed by atoms with E-state index in [9.17, 15) is 9.59 Å². The number of rotatable bonds is 3. The Morgan fingerprint density at radius 1 is 1.47 bits per heavy atom. The normalized spacial score (nSPS) is 23.6. The molecular formula is C12H15ClN2O2. The molecule has 1 amide bonds. The monoisotopic (exact) mass is 254 g/mol. The smallest absolute Gasteiger partial charge is 0.252 e. The number of H-pyrrole nitrogens is 1. The first-order chi connectivity index (χ1) is 8.20. The molecule has 5 heteroatoms. The van der Waals surface area contributed by atoms with E-state index in [1.165, 1.54) is 18.3 Å². The van der Waals surface area contributed by atoms with Crippen LogP contribution in [0.3, 0.4) is 0 Å². The van der Waals surface area contributed by atoms with E-state index >= 15 is 0 Å². The number of pyridine rings is 1. The van der Waals surface area contributed by atoms with Crippen molar-refractivity contribution < 1.29 is 4.79 Å². The summed E-state index contributed by atoms with van der Waals surface area (Å²) < 4.78 is 0. The third kappa shape index (κ3) is 2.88. The maximum absolute atomic E-state index is 11.9. The predicted octanol–water partition coefficient (Wildman–Crippen LogP) is 1.51. The zero-order chi connectivity index (χ0) is 12.3. The number of aromatic amines is 1. The van der Waals surface area contributed by atoms with Crippen molar-refractivity contribution in [1.82, 2.24) is 10.3 Å². The van der Waals surface area contributed by atoms with E-state index in [4.69, 9.17) is 11.6 Å². The highest BCUT2D eigenvalue weighted by atomic mass is 35.5. The molecule has 0 aliphatic heterocycles. The zero-order valence-electron chi connectivity index (χ0n) is 9.41. The van der Waals surface area contributed by atoms with E-state index in [0.717, 1.165) is 19.3 Å². The molecule has 0 spiro atoms. The lowest BCUT2D eigenvalue weighted by atomic mass is 10.1. The largest absolute Gasteiger partial charge is 0.349 e. The average Bonchev–Trinajstić information content (AvgIpc) is 2.77. The molecule has 0 saturated heterocycles. The molecule has 1 saturated carbocycles. The van der Waals surface area contributed by atoms with E-state index in [1.54, 1.807) is 0 Å². The molecule has 1 aliphatic rings. The summed E-state index contributed by atoms with van der Waals surface area (Å²) in [5, 5.41) is 2.97. The van der Waals surface area contributed by atoms with Gasteiger partial charge in [-0.3, -0.25) is 9.59 Å². The lowest BCUT2D eigenvalue weighted by Gasteiger charge is -2.18. The summed E-state index contributed by atoms with van der Waals surface area (Å²) in [6.07, 6.45) is 4.59. The molecule has 1 heterocycles. The Balaban J connectivity index is 2.01. The summed E-state index contributed by atoms with van der Waals surface area (Å²) >= 11 is 5.85. The van der Waals surface area contributed by atoms with Crippen LogP contribution < -0.4 is 10.9 Å². The maximum atomic E-state index is 11.9. The van der Waals surface area contributed by atoms with Crippen molar-refractivity contribution in [2.24, 2.45) is 5.92 Å². The molecule has 92 valence electrons. The molecule has 4 nitrogen and oxygen atoms in total. The molecule has 1 aliphatic carbocycles. The van der Waals surface area contributed by atoms with Crippen LogP contribution >= 0.6 is 11.6 Å². The molecule has 2 rings (SSSR count). The number of alkyl halides is 1. The number of hydrogen-bond donors (Lipinski definition) is 2. The van der Waals surface area contributed by atoms with Gasteiger partial charge in [0.05, 0.1) is 5.56 Å². The molecule has 2 unspecified atom stereocenters. The van der Waals surface area contributed by atoms with Crippen molar-refractivity contribution >= 4 is 17.5 Å². The third-order valence-electron chi connectivity index (χ3n) is 3.22. The quantitative estimate of drug-likeness (QED) is 0.804. The van der Waals surface area contributed by atoms with Gasteiger partial charge >= 0.3 is 0 Å². The maximum Gasteiger partial charge on any atom is 0.252 e. The minimum atomic E-state index is -0.207. The molecule has 0 bridgehead atoms. The topological polar surface area (TPSA) is 62.0 Å². The van der Waals surface area contributed by atoms with Crippen molar-refractivity contribution in [2.45, 2.75) is 25.3 Å². The number of amides is 1. The molecule has 2 N–H and O–H groups in total. The predicted molar refractivity (Wildman–Crippen MR) is 66.4 cm³/mol. The molecule has 1 aromatic heterocycles. The van der Waals surface area contributed by atoms with E-state index in [2.05, 4.69) is 10.3 Å². The van der Waals surface area contributed by atoms with Gasteiger partial charge in [0.1, 0.15) is 0 Å². The Morgan fingerprint density at radius 2 is 2.29 bits per heavy atom. The molecule has 1 fully saturated rings. The summed E-state index contributed by atoms with van der Waals surface area (Å²) in [4.78, 5) is 25.3. The van der Waals surface area contributed by atoms with Gasteiger partial charge in [-0.05, 0) is 24.8 Å². The van der Waals surface area contributed by atoms with Gasteiger partial charge < -0.3 is 10.3 Å². The van der Waals surface area contributed by atoms with Crippen LogP contribution in [0.4, 0.5) is 0 Å². The van der Waals surface area contributed by atoms with Gasteiger partial charge in [-0.1, -0.05) is 6.42 Å². The molecule has 0 aromatic carbocycles. The van der Waals surface area contributed by atoms with Crippen LogP contribution in [0.15, 0.2) is 23.1 Å². The molecule has 0 radical (unpaired) electrons. The Hall–Kier alpha value is -1.29. The summed E-state index contributed by atoms with van der Waals surface area (Å²) in [7, 11) is 0. The summed E-state index contributed by atoms with van der Waals surface area (Å²) in [5.41, 5.74) is 0.269. The minimum Gasteiger partial charge on any atom is -0.349 e. The first-order valence-electron chi connectivity index (χ1n) is 5.76. The van der Waals surface area contributed by atoms with Crippen LogP contribution in [-0.4, -0.2) is 22.8 Å². The fourth-order valence-electron chi connectivity index (χ4n) is 2.22. The minimum absolute atomic E-state index is 0.150.